The smallest absolute Gasteiger partial charge is 0.306 e. The van der Waals surface area contributed by atoms with Crippen LogP contribution in [0.2, 0.25) is 0 Å². The molecule has 0 aromatic carbocycles. The lowest BCUT2D eigenvalue weighted by molar-refractivity contribution is -0.870. The molecule has 0 spiro atoms. The molecule has 0 radical (unpaired) electrons. The van der Waals surface area contributed by atoms with Crippen LogP contribution in [-0.4, -0.2) is 69.4 Å². The Morgan fingerprint density at radius 2 is 0.877 bits per heavy atom. The van der Waals surface area contributed by atoms with E-state index in [1.54, 1.807) is 0 Å². The second-order valence-electron chi connectivity index (χ2n) is 21.5. The summed E-state index contributed by atoms with van der Waals surface area (Å²) in [6, 6.07) is -0.907. The number of nitrogens with zero attached hydrogens (tertiary/aromatic N) is 1. The van der Waals surface area contributed by atoms with E-state index in [9.17, 15) is 19.0 Å². The highest BCUT2D eigenvalue weighted by Crippen LogP contribution is 2.38. The minimum absolute atomic E-state index is 0.0311. The summed E-state index contributed by atoms with van der Waals surface area (Å²) < 4.78 is 30.3. The molecular weight excluding hydrogens is 928 g/mol. The lowest BCUT2D eigenvalue weighted by atomic mass is 10.0. The SMILES string of the molecule is CC/C=C/C/C=C/C/C=C/C/C=C/CCCCCC(=O)NC(COP(=O)([O-])OCC[N+](C)(C)C)C(/C=C/CCCCCCCCCCCC)OC(=O)CCCCCCCCCCC/C=C/CCCCCCCC. The Kier molecular flexibility index (Phi) is 51.0. The van der Waals surface area contributed by atoms with Crippen LogP contribution in [0.15, 0.2) is 72.9 Å². The van der Waals surface area contributed by atoms with Gasteiger partial charge in [-0.3, -0.25) is 14.2 Å². The fourth-order valence-corrected chi connectivity index (χ4v) is 9.17. The van der Waals surface area contributed by atoms with E-state index in [1.165, 1.54) is 141 Å². The number of phosphoric ester groups is 1. The fourth-order valence-electron chi connectivity index (χ4n) is 8.45. The number of unbranched alkanes of at least 4 members (excludes halogenated alkanes) is 28. The second kappa shape index (κ2) is 52.9. The maximum atomic E-state index is 13.5. The molecule has 0 rings (SSSR count). The molecule has 0 aromatic rings. The first kappa shape index (κ1) is 70.5. The van der Waals surface area contributed by atoms with Crippen LogP contribution >= 0.6 is 7.82 Å². The fraction of sp³-hybridized carbons (Fsp3) is 0.778. The van der Waals surface area contributed by atoms with Crippen molar-refractivity contribution in [2.24, 2.45) is 0 Å². The summed E-state index contributed by atoms with van der Waals surface area (Å²) in [5, 5.41) is 3.01. The van der Waals surface area contributed by atoms with Crippen molar-refractivity contribution in [3.05, 3.63) is 72.9 Å². The molecule has 0 aromatic heterocycles. The van der Waals surface area contributed by atoms with Gasteiger partial charge >= 0.3 is 5.97 Å². The largest absolute Gasteiger partial charge is 0.756 e. The van der Waals surface area contributed by atoms with Crippen LogP contribution in [-0.2, 0) is 27.9 Å². The number of hydrogen-bond donors (Lipinski definition) is 1. The van der Waals surface area contributed by atoms with Gasteiger partial charge in [0.2, 0.25) is 5.91 Å². The molecular formula is C63H115N2O7P. The minimum atomic E-state index is -4.71. The van der Waals surface area contributed by atoms with Gasteiger partial charge in [0.05, 0.1) is 33.8 Å². The van der Waals surface area contributed by atoms with Gasteiger partial charge in [-0.25, -0.2) is 0 Å². The van der Waals surface area contributed by atoms with Crippen LogP contribution < -0.4 is 10.2 Å². The van der Waals surface area contributed by atoms with Crippen molar-refractivity contribution in [1.82, 2.24) is 5.32 Å². The topological polar surface area (TPSA) is 114 Å². The Hall–Kier alpha value is -2.55. The molecule has 0 aliphatic rings. The lowest BCUT2D eigenvalue weighted by Crippen LogP contribution is -2.47. The van der Waals surface area contributed by atoms with Crippen molar-refractivity contribution in [2.75, 3.05) is 40.9 Å². The number of rotatable bonds is 54. The van der Waals surface area contributed by atoms with E-state index in [2.05, 4.69) is 86.8 Å². The van der Waals surface area contributed by atoms with Gasteiger partial charge in [0.15, 0.2) is 0 Å². The predicted molar refractivity (Wildman–Crippen MR) is 312 cm³/mol. The van der Waals surface area contributed by atoms with Gasteiger partial charge in [-0.1, -0.05) is 229 Å². The number of likely N-dealkylation sites (N-methyl/N-ethyl adjacent to an activating group) is 1. The van der Waals surface area contributed by atoms with E-state index in [0.29, 0.717) is 17.4 Å². The highest BCUT2D eigenvalue weighted by Gasteiger charge is 2.27. The standard InChI is InChI=1S/C63H115N2O7P/c1-7-10-13-16-19-22-25-28-30-32-33-34-36-38-41-44-47-50-53-56-63(67)72-61(54-51-48-45-42-39-27-24-21-18-15-12-9-3)60(59-71-73(68,69)70-58-57-65(4,5)6)64-62(66)55-52-49-46-43-40-37-35-31-29-26-23-20-17-14-11-8-2/h11,14,20,23,28-31,37,40,51,54,60-61H,7-10,12-13,15-19,21-22,24-27,32-36,38-39,41-50,52-53,55-59H2,1-6H3,(H-,64,66,68,69)/b14-11+,23-20+,30-28+,31-29+,40-37+,54-51+. The first-order valence-electron chi connectivity index (χ1n) is 30.2. The number of nitrogens with one attached hydrogen (secondary N) is 1. The average molecular weight is 1040 g/mol. The number of ether oxygens (including phenoxy) is 1. The molecule has 0 fully saturated rings. The van der Waals surface area contributed by atoms with Gasteiger partial charge < -0.3 is 28.5 Å². The van der Waals surface area contributed by atoms with E-state index in [4.69, 9.17) is 13.8 Å². The van der Waals surface area contributed by atoms with Crippen molar-refractivity contribution >= 4 is 19.7 Å². The summed E-state index contributed by atoms with van der Waals surface area (Å²) >= 11 is 0. The molecule has 0 aliphatic heterocycles. The van der Waals surface area contributed by atoms with E-state index in [0.717, 1.165) is 83.5 Å². The van der Waals surface area contributed by atoms with Crippen molar-refractivity contribution in [3.63, 3.8) is 0 Å². The molecule has 0 saturated carbocycles. The highest BCUT2D eigenvalue weighted by atomic mass is 31.2. The monoisotopic (exact) mass is 1040 g/mol. The summed E-state index contributed by atoms with van der Waals surface area (Å²) in [5.74, 6) is -0.578. The van der Waals surface area contributed by atoms with Crippen LogP contribution in [0.4, 0.5) is 0 Å². The molecule has 0 saturated heterocycles. The average Bonchev–Trinajstić information content (AvgIpc) is 3.35. The van der Waals surface area contributed by atoms with Gasteiger partial charge in [-0.15, -0.1) is 0 Å². The van der Waals surface area contributed by atoms with Gasteiger partial charge in [-0.05, 0) is 96.0 Å². The minimum Gasteiger partial charge on any atom is -0.756 e. The first-order valence-corrected chi connectivity index (χ1v) is 31.7. The summed E-state index contributed by atoms with van der Waals surface area (Å²) in [4.78, 5) is 39.9. The third-order valence-electron chi connectivity index (χ3n) is 13.1. The normalized spacial score (nSPS) is 14.2. The van der Waals surface area contributed by atoms with Gasteiger partial charge in [0.1, 0.15) is 19.3 Å². The number of quaternary nitrogens is 1. The molecule has 424 valence electrons. The van der Waals surface area contributed by atoms with Crippen LogP contribution in [0.1, 0.15) is 265 Å². The van der Waals surface area contributed by atoms with Crippen molar-refractivity contribution in [1.29, 1.82) is 0 Å². The summed E-state index contributed by atoms with van der Waals surface area (Å²) in [6.45, 7) is 6.70. The van der Waals surface area contributed by atoms with Crippen LogP contribution in [0.3, 0.4) is 0 Å². The Morgan fingerprint density at radius 1 is 0.493 bits per heavy atom. The zero-order valence-electron chi connectivity index (χ0n) is 48.3. The van der Waals surface area contributed by atoms with E-state index < -0.39 is 26.6 Å². The van der Waals surface area contributed by atoms with Crippen molar-refractivity contribution in [2.45, 2.75) is 277 Å². The molecule has 3 unspecified atom stereocenters. The number of hydrogen-bond acceptors (Lipinski definition) is 7. The molecule has 1 amide bonds. The summed E-state index contributed by atoms with van der Waals surface area (Å²) in [6.07, 6.45) is 67.2. The molecule has 0 aliphatic carbocycles. The number of carbonyl (C=O) groups excluding carboxylic acids is 2. The third kappa shape index (κ3) is 54.1. The summed E-state index contributed by atoms with van der Waals surface area (Å²) in [7, 11) is 1.16. The van der Waals surface area contributed by atoms with E-state index in [-0.39, 0.29) is 31.3 Å². The van der Waals surface area contributed by atoms with Crippen LogP contribution in [0.5, 0.6) is 0 Å². The Bertz CT molecular complexity index is 1480. The number of phosphoric acid groups is 1. The van der Waals surface area contributed by atoms with Gasteiger partial charge in [0.25, 0.3) is 7.82 Å². The molecule has 10 heteroatoms. The summed E-state index contributed by atoms with van der Waals surface area (Å²) in [5.41, 5.74) is 0. The molecule has 3 atom stereocenters. The molecule has 0 heterocycles. The number of esters is 1. The quantitative estimate of drug-likeness (QED) is 0.0212. The van der Waals surface area contributed by atoms with Crippen LogP contribution in [0.25, 0.3) is 0 Å². The molecule has 0 bridgehead atoms. The van der Waals surface area contributed by atoms with Crippen molar-refractivity contribution < 1.29 is 37.3 Å². The number of allylic oxidation sites excluding steroid dienone is 11. The van der Waals surface area contributed by atoms with E-state index in [1.807, 2.05) is 33.3 Å². The third-order valence-corrected chi connectivity index (χ3v) is 14.1. The molecule has 73 heavy (non-hydrogen) atoms. The van der Waals surface area contributed by atoms with E-state index >= 15 is 0 Å². The Morgan fingerprint density at radius 3 is 1.34 bits per heavy atom. The molecule has 1 N–H and O–H groups in total. The predicted octanol–water partition coefficient (Wildman–Crippen LogP) is 17.8. The zero-order chi connectivity index (χ0) is 53.6. The Labute approximate surface area is 451 Å². The molecule has 9 nitrogen and oxygen atoms in total. The second-order valence-corrected chi connectivity index (χ2v) is 22.9. The first-order chi connectivity index (χ1) is 35.4. The van der Waals surface area contributed by atoms with Crippen LogP contribution in [0, 0.1) is 0 Å². The zero-order valence-corrected chi connectivity index (χ0v) is 49.2. The maximum Gasteiger partial charge on any atom is 0.306 e. The van der Waals surface area contributed by atoms with Gasteiger partial charge in [-0.2, -0.15) is 0 Å². The number of amides is 1. The van der Waals surface area contributed by atoms with Crippen molar-refractivity contribution in [3.8, 4) is 0 Å². The maximum absolute atomic E-state index is 13.5. The highest BCUT2D eigenvalue weighted by molar-refractivity contribution is 7.45. The van der Waals surface area contributed by atoms with Gasteiger partial charge in [0, 0.05) is 12.8 Å². The Balaban J connectivity index is 5.32. The lowest BCUT2D eigenvalue weighted by Gasteiger charge is -2.30. The number of carbonyl (C=O) groups is 2.